The maximum Gasteiger partial charge on any atom is 0.127 e. The van der Waals surface area contributed by atoms with Crippen LogP contribution in [0.3, 0.4) is 0 Å². The maximum atomic E-state index is 5.81. The molecule has 0 spiro atoms. The topological polar surface area (TPSA) is 21.3 Å². The Balaban J connectivity index is 1.68. The average molecular weight is 275 g/mol. The second-order valence-electron chi connectivity index (χ2n) is 4.93. The van der Waals surface area contributed by atoms with Gasteiger partial charge in [0.25, 0.3) is 0 Å². The van der Waals surface area contributed by atoms with Crippen molar-refractivity contribution in [2.24, 2.45) is 0 Å². The third kappa shape index (κ3) is 3.63. The van der Waals surface area contributed by atoms with Gasteiger partial charge in [0, 0.05) is 11.4 Å². The summed E-state index contributed by atoms with van der Waals surface area (Å²) in [7, 11) is 0. The number of para-hydroxylation sites is 1. The summed E-state index contributed by atoms with van der Waals surface area (Å²) >= 11 is 0. The molecule has 0 unspecified atom stereocenters. The van der Waals surface area contributed by atoms with E-state index in [1.165, 1.54) is 5.56 Å². The summed E-state index contributed by atoms with van der Waals surface area (Å²) < 4.78 is 5.81. The van der Waals surface area contributed by atoms with Gasteiger partial charge in [0.05, 0.1) is 0 Å². The molecule has 0 saturated heterocycles. The van der Waals surface area contributed by atoms with Gasteiger partial charge in [0.15, 0.2) is 0 Å². The summed E-state index contributed by atoms with van der Waals surface area (Å²) in [6.07, 6.45) is 0. The van der Waals surface area contributed by atoms with E-state index in [2.05, 4.69) is 12.2 Å². The highest BCUT2D eigenvalue weighted by molar-refractivity contribution is 5.60. The van der Waals surface area contributed by atoms with Gasteiger partial charge >= 0.3 is 0 Å². The molecule has 0 heterocycles. The predicted octanol–water partition coefficient (Wildman–Crippen LogP) is 5.53. The zero-order valence-corrected chi connectivity index (χ0v) is 11.9. The largest absolute Gasteiger partial charge is 0.457 e. The van der Waals surface area contributed by atoms with Crippen molar-refractivity contribution in [2.45, 2.75) is 6.92 Å². The van der Waals surface area contributed by atoms with Crippen LogP contribution >= 0.6 is 0 Å². The molecule has 3 aromatic rings. The molecule has 3 aromatic carbocycles. The number of aryl methyl sites for hydroxylation is 1. The van der Waals surface area contributed by atoms with E-state index in [1.54, 1.807) is 0 Å². The number of hydrogen-bond donors (Lipinski definition) is 1. The van der Waals surface area contributed by atoms with Crippen LogP contribution < -0.4 is 10.1 Å². The zero-order valence-electron chi connectivity index (χ0n) is 11.9. The van der Waals surface area contributed by atoms with Crippen molar-refractivity contribution in [3.63, 3.8) is 0 Å². The Labute approximate surface area is 125 Å². The third-order valence-electron chi connectivity index (χ3n) is 3.17. The Hall–Kier alpha value is -2.74. The summed E-state index contributed by atoms with van der Waals surface area (Å²) in [5.74, 6) is 1.68. The van der Waals surface area contributed by atoms with Crippen LogP contribution in [0.2, 0.25) is 0 Å². The second-order valence-corrected chi connectivity index (χ2v) is 4.93. The number of anilines is 2. The SMILES string of the molecule is Cc1ccc(Oc2ccc(Nc3ccccc3)cc2)cc1. The maximum absolute atomic E-state index is 5.81. The van der Waals surface area contributed by atoms with Crippen LogP contribution in [0.1, 0.15) is 5.56 Å². The molecule has 0 aromatic heterocycles. The second kappa shape index (κ2) is 6.14. The lowest BCUT2D eigenvalue weighted by Gasteiger charge is -2.09. The molecular weight excluding hydrogens is 258 g/mol. The van der Waals surface area contributed by atoms with Crippen molar-refractivity contribution >= 4 is 11.4 Å². The van der Waals surface area contributed by atoms with Gasteiger partial charge in [-0.3, -0.25) is 0 Å². The van der Waals surface area contributed by atoms with Crippen molar-refractivity contribution in [1.29, 1.82) is 0 Å². The van der Waals surface area contributed by atoms with Gasteiger partial charge in [-0.2, -0.15) is 0 Å². The van der Waals surface area contributed by atoms with Crippen molar-refractivity contribution in [1.82, 2.24) is 0 Å². The van der Waals surface area contributed by atoms with Gasteiger partial charge in [-0.25, -0.2) is 0 Å². The van der Waals surface area contributed by atoms with Gasteiger partial charge in [-0.15, -0.1) is 0 Å². The molecule has 1 N–H and O–H groups in total. The molecule has 3 rings (SSSR count). The molecule has 0 bridgehead atoms. The molecule has 2 nitrogen and oxygen atoms in total. The quantitative estimate of drug-likeness (QED) is 0.675. The molecule has 21 heavy (non-hydrogen) atoms. The standard InChI is InChI=1S/C19H17NO/c1-15-7-11-18(12-8-15)21-19-13-9-17(10-14-19)20-16-5-3-2-4-6-16/h2-14,20H,1H3. The van der Waals surface area contributed by atoms with Crippen molar-refractivity contribution in [3.05, 3.63) is 84.4 Å². The van der Waals surface area contributed by atoms with Crippen LogP contribution in [0.15, 0.2) is 78.9 Å². The lowest BCUT2D eigenvalue weighted by Crippen LogP contribution is -1.90. The Bertz CT molecular complexity index is 688. The summed E-state index contributed by atoms with van der Waals surface area (Å²) in [5.41, 5.74) is 3.34. The first-order chi connectivity index (χ1) is 10.3. The Kier molecular flexibility index (Phi) is 3.88. The van der Waals surface area contributed by atoms with Crippen LogP contribution in [-0.2, 0) is 0 Å². The minimum Gasteiger partial charge on any atom is -0.457 e. The highest BCUT2D eigenvalue weighted by atomic mass is 16.5. The Morgan fingerprint density at radius 1 is 0.619 bits per heavy atom. The number of rotatable bonds is 4. The number of benzene rings is 3. The van der Waals surface area contributed by atoms with E-state index >= 15 is 0 Å². The highest BCUT2D eigenvalue weighted by Gasteiger charge is 1.98. The first-order valence-corrected chi connectivity index (χ1v) is 6.96. The van der Waals surface area contributed by atoms with Crippen molar-refractivity contribution in [2.75, 3.05) is 5.32 Å². The van der Waals surface area contributed by atoms with Crippen LogP contribution in [0, 0.1) is 6.92 Å². The van der Waals surface area contributed by atoms with E-state index in [4.69, 9.17) is 4.74 Å². The molecule has 0 radical (unpaired) electrons. The number of nitrogens with one attached hydrogen (secondary N) is 1. The molecule has 0 amide bonds. The summed E-state index contributed by atoms with van der Waals surface area (Å²) in [6.45, 7) is 2.06. The smallest absolute Gasteiger partial charge is 0.127 e. The van der Waals surface area contributed by atoms with E-state index in [1.807, 2.05) is 78.9 Å². The Morgan fingerprint density at radius 3 is 1.76 bits per heavy atom. The lowest BCUT2D eigenvalue weighted by atomic mass is 10.2. The molecule has 0 saturated carbocycles. The molecule has 0 aliphatic carbocycles. The van der Waals surface area contributed by atoms with Crippen LogP contribution in [0.25, 0.3) is 0 Å². The lowest BCUT2D eigenvalue weighted by molar-refractivity contribution is 0.482. The zero-order chi connectivity index (χ0) is 14.5. The van der Waals surface area contributed by atoms with Crippen LogP contribution in [0.5, 0.6) is 11.5 Å². The fraction of sp³-hybridized carbons (Fsp3) is 0.0526. The highest BCUT2D eigenvalue weighted by Crippen LogP contribution is 2.24. The molecular formula is C19H17NO. The van der Waals surface area contributed by atoms with Gasteiger partial charge in [0.2, 0.25) is 0 Å². The first-order valence-electron chi connectivity index (χ1n) is 6.96. The number of ether oxygens (including phenoxy) is 1. The normalized spacial score (nSPS) is 10.1. The minimum absolute atomic E-state index is 0.831. The van der Waals surface area contributed by atoms with Crippen molar-refractivity contribution in [3.8, 4) is 11.5 Å². The molecule has 0 atom stereocenters. The third-order valence-corrected chi connectivity index (χ3v) is 3.17. The van der Waals surface area contributed by atoms with E-state index in [0.29, 0.717) is 0 Å². The summed E-state index contributed by atoms with van der Waals surface area (Å²) in [5, 5.41) is 3.35. The summed E-state index contributed by atoms with van der Waals surface area (Å²) in [4.78, 5) is 0. The monoisotopic (exact) mass is 275 g/mol. The Morgan fingerprint density at radius 2 is 1.14 bits per heavy atom. The fourth-order valence-corrected chi connectivity index (χ4v) is 2.04. The van der Waals surface area contributed by atoms with Gasteiger partial charge in [0.1, 0.15) is 11.5 Å². The van der Waals surface area contributed by atoms with E-state index < -0.39 is 0 Å². The van der Waals surface area contributed by atoms with Gasteiger partial charge in [-0.05, 0) is 55.5 Å². The van der Waals surface area contributed by atoms with Gasteiger partial charge < -0.3 is 10.1 Å². The van der Waals surface area contributed by atoms with Gasteiger partial charge in [-0.1, -0.05) is 35.9 Å². The number of hydrogen-bond acceptors (Lipinski definition) is 2. The van der Waals surface area contributed by atoms with Crippen LogP contribution in [-0.4, -0.2) is 0 Å². The molecule has 0 aliphatic heterocycles. The average Bonchev–Trinajstić information content (AvgIpc) is 2.53. The first kappa shape index (κ1) is 13.3. The van der Waals surface area contributed by atoms with E-state index in [-0.39, 0.29) is 0 Å². The molecule has 0 fully saturated rings. The molecule has 2 heteroatoms. The van der Waals surface area contributed by atoms with Crippen LogP contribution in [0.4, 0.5) is 11.4 Å². The fourth-order valence-electron chi connectivity index (χ4n) is 2.04. The van der Waals surface area contributed by atoms with E-state index in [0.717, 1.165) is 22.9 Å². The summed E-state index contributed by atoms with van der Waals surface area (Å²) in [6, 6.07) is 26.1. The minimum atomic E-state index is 0.831. The molecule has 0 aliphatic rings. The predicted molar refractivity (Wildman–Crippen MR) is 87.4 cm³/mol. The van der Waals surface area contributed by atoms with Crippen molar-refractivity contribution < 1.29 is 4.74 Å². The molecule has 104 valence electrons. The van der Waals surface area contributed by atoms with E-state index in [9.17, 15) is 0 Å².